The van der Waals surface area contributed by atoms with Gasteiger partial charge in [-0.1, -0.05) is 18.9 Å². The van der Waals surface area contributed by atoms with Crippen LogP contribution in [0.5, 0.6) is 0 Å². The molecule has 5 heteroatoms. The number of rotatable bonds is 3. The van der Waals surface area contributed by atoms with E-state index in [1.54, 1.807) is 17.0 Å². The topological polar surface area (TPSA) is 62.6 Å². The lowest BCUT2D eigenvalue weighted by Crippen LogP contribution is -2.35. The van der Waals surface area contributed by atoms with Crippen LogP contribution in [-0.4, -0.2) is 18.4 Å². The van der Waals surface area contributed by atoms with E-state index in [1.165, 1.54) is 6.26 Å². The molecule has 25 heavy (non-hydrogen) atoms. The van der Waals surface area contributed by atoms with Crippen molar-refractivity contribution in [2.24, 2.45) is 5.92 Å². The number of nitrogens with zero attached hydrogens (tertiary/aromatic N) is 1. The van der Waals surface area contributed by atoms with Crippen LogP contribution < -0.4 is 10.2 Å². The second-order valence-electron chi connectivity index (χ2n) is 6.85. The van der Waals surface area contributed by atoms with Crippen LogP contribution in [0.1, 0.15) is 48.2 Å². The summed E-state index contributed by atoms with van der Waals surface area (Å²) in [5.74, 6) is 0.424. The van der Waals surface area contributed by atoms with Crippen molar-refractivity contribution in [3.8, 4) is 0 Å². The third kappa shape index (κ3) is 3.18. The van der Waals surface area contributed by atoms with Crippen molar-refractivity contribution in [1.82, 2.24) is 0 Å². The number of benzene rings is 1. The highest BCUT2D eigenvalue weighted by Crippen LogP contribution is 2.32. The van der Waals surface area contributed by atoms with Gasteiger partial charge in [0.05, 0.1) is 6.26 Å². The molecule has 1 aliphatic heterocycles. The van der Waals surface area contributed by atoms with Crippen molar-refractivity contribution in [3.63, 3.8) is 0 Å². The Bertz CT molecular complexity index is 776. The van der Waals surface area contributed by atoms with Gasteiger partial charge in [0, 0.05) is 23.8 Å². The van der Waals surface area contributed by atoms with E-state index in [0.29, 0.717) is 12.3 Å². The number of furan rings is 1. The van der Waals surface area contributed by atoms with E-state index in [0.717, 1.165) is 55.5 Å². The van der Waals surface area contributed by atoms with E-state index in [9.17, 15) is 9.59 Å². The molecule has 2 aromatic rings. The molecule has 0 radical (unpaired) electrons. The van der Waals surface area contributed by atoms with Gasteiger partial charge in [0.15, 0.2) is 5.76 Å². The molecule has 0 spiro atoms. The molecule has 1 fully saturated rings. The quantitative estimate of drug-likeness (QED) is 0.920. The lowest BCUT2D eigenvalue weighted by atomic mass is 10.0. The van der Waals surface area contributed by atoms with Crippen LogP contribution in [0.25, 0.3) is 0 Å². The van der Waals surface area contributed by atoms with Crippen LogP contribution >= 0.6 is 0 Å². The average molecular weight is 338 g/mol. The van der Waals surface area contributed by atoms with Gasteiger partial charge in [0.2, 0.25) is 5.91 Å². The predicted molar refractivity (Wildman–Crippen MR) is 95.7 cm³/mol. The Balaban J connectivity index is 1.57. The molecule has 4 rings (SSSR count). The zero-order valence-electron chi connectivity index (χ0n) is 14.2. The number of aryl methyl sites for hydroxylation is 1. The molecule has 130 valence electrons. The summed E-state index contributed by atoms with van der Waals surface area (Å²) in [4.78, 5) is 26.8. The highest BCUT2D eigenvalue weighted by Gasteiger charge is 2.27. The number of nitrogens with one attached hydrogen (secondary N) is 1. The standard InChI is InChI=1S/C20H22N2O3/c23-19(15-5-1-2-6-15)21-16-10-9-14-7-3-11-22(17(14)13-16)20(24)18-8-4-12-25-18/h4,8-10,12-13,15H,1-3,5-7,11H2,(H,21,23). The van der Waals surface area contributed by atoms with Crippen LogP contribution in [0.2, 0.25) is 0 Å². The number of fused-ring (bicyclic) bond motifs is 1. The summed E-state index contributed by atoms with van der Waals surface area (Å²) < 4.78 is 5.26. The first kappa shape index (κ1) is 15.9. The Kier molecular flexibility index (Phi) is 4.30. The normalized spacial score (nSPS) is 17.4. The number of hydrogen-bond acceptors (Lipinski definition) is 3. The number of carbonyl (C=O) groups is 2. The van der Waals surface area contributed by atoms with E-state index in [-0.39, 0.29) is 17.7 Å². The molecule has 0 saturated heterocycles. The van der Waals surface area contributed by atoms with Crippen molar-refractivity contribution in [1.29, 1.82) is 0 Å². The molecule has 5 nitrogen and oxygen atoms in total. The lowest BCUT2D eigenvalue weighted by Gasteiger charge is -2.29. The molecular formula is C20H22N2O3. The van der Waals surface area contributed by atoms with Crippen LogP contribution in [0.15, 0.2) is 41.0 Å². The second kappa shape index (κ2) is 6.75. The smallest absolute Gasteiger partial charge is 0.293 e. The van der Waals surface area contributed by atoms with E-state index < -0.39 is 0 Å². The minimum absolute atomic E-state index is 0.0946. The molecule has 2 heterocycles. The largest absolute Gasteiger partial charge is 0.459 e. The maximum absolute atomic E-state index is 12.7. The summed E-state index contributed by atoms with van der Waals surface area (Å²) in [5, 5.41) is 3.03. The fraction of sp³-hybridized carbons (Fsp3) is 0.400. The highest BCUT2D eigenvalue weighted by molar-refractivity contribution is 6.05. The Morgan fingerprint density at radius 2 is 1.96 bits per heavy atom. The molecule has 1 N–H and O–H groups in total. The predicted octanol–water partition coefficient (Wildman–Crippen LogP) is 4.00. The number of hydrogen-bond donors (Lipinski definition) is 1. The van der Waals surface area contributed by atoms with Gasteiger partial charge in [-0.25, -0.2) is 0 Å². The second-order valence-corrected chi connectivity index (χ2v) is 6.85. The third-order valence-corrected chi connectivity index (χ3v) is 5.17. The van der Waals surface area contributed by atoms with Crippen molar-refractivity contribution in [2.45, 2.75) is 38.5 Å². The minimum Gasteiger partial charge on any atom is -0.459 e. The Labute approximate surface area is 147 Å². The third-order valence-electron chi connectivity index (χ3n) is 5.17. The van der Waals surface area contributed by atoms with E-state index in [4.69, 9.17) is 4.42 Å². The molecule has 0 atom stereocenters. The lowest BCUT2D eigenvalue weighted by molar-refractivity contribution is -0.119. The van der Waals surface area contributed by atoms with Gasteiger partial charge in [-0.05, 0) is 55.5 Å². The van der Waals surface area contributed by atoms with Gasteiger partial charge in [0.25, 0.3) is 5.91 Å². The first-order chi connectivity index (χ1) is 12.2. The molecular weight excluding hydrogens is 316 g/mol. The van der Waals surface area contributed by atoms with E-state index in [1.807, 2.05) is 18.2 Å². The van der Waals surface area contributed by atoms with Gasteiger partial charge in [-0.2, -0.15) is 0 Å². The summed E-state index contributed by atoms with van der Waals surface area (Å²) in [6, 6.07) is 9.27. The minimum atomic E-state index is -0.134. The number of amides is 2. The zero-order chi connectivity index (χ0) is 17.2. The van der Waals surface area contributed by atoms with Gasteiger partial charge in [0.1, 0.15) is 0 Å². The molecule has 2 aliphatic rings. The Morgan fingerprint density at radius 3 is 2.72 bits per heavy atom. The first-order valence-corrected chi connectivity index (χ1v) is 9.01. The molecule has 1 aliphatic carbocycles. The maximum Gasteiger partial charge on any atom is 0.293 e. The number of carbonyl (C=O) groups excluding carboxylic acids is 2. The summed E-state index contributed by atoms with van der Waals surface area (Å²) in [7, 11) is 0. The van der Waals surface area contributed by atoms with Gasteiger partial charge >= 0.3 is 0 Å². The molecule has 1 aromatic carbocycles. The van der Waals surface area contributed by atoms with Crippen LogP contribution in [0, 0.1) is 5.92 Å². The van der Waals surface area contributed by atoms with Gasteiger partial charge in [-0.3, -0.25) is 9.59 Å². The van der Waals surface area contributed by atoms with Gasteiger partial charge in [-0.15, -0.1) is 0 Å². The van der Waals surface area contributed by atoms with Crippen LogP contribution in [0.3, 0.4) is 0 Å². The van der Waals surface area contributed by atoms with Crippen molar-refractivity contribution in [2.75, 3.05) is 16.8 Å². The summed E-state index contributed by atoms with van der Waals surface area (Å²) in [6.45, 7) is 0.659. The summed E-state index contributed by atoms with van der Waals surface area (Å²) in [6.07, 6.45) is 7.58. The van der Waals surface area contributed by atoms with Crippen LogP contribution in [-0.2, 0) is 11.2 Å². The Hall–Kier alpha value is -2.56. The first-order valence-electron chi connectivity index (χ1n) is 9.01. The van der Waals surface area contributed by atoms with E-state index >= 15 is 0 Å². The molecule has 1 saturated carbocycles. The fourth-order valence-corrected chi connectivity index (χ4v) is 3.83. The molecule has 1 aromatic heterocycles. The summed E-state index contributed by atoms with van der Waals surface area (Å²) in [5.41, 5.74) is 2.76. The average Bonchev–Trinajstić information content (AvgIpc) is 3.34. The molecule has 0 unspecified atom stereocenters. The zero-order valence-corrected chi connectivity index (χ0v) is 14.2. The van der Waals surface area contributed by atoms with Crippen molar-refractivity contribution in [3.05, 3.63) is 47.9 Å². The van der Waals surface area contributed by atoms with Gasteiger partial charge < -0.3 is 14.6 Å². The summed E-state index contributed by atoms with van der Waals surface area (Å²) >= 11 is 0. The molecule has 2 amide bonds. The monoisotopic (exact) mass is 338 g/mol. The van der Waals surface area contributed by atoms with E-state index in [2.05, 4.69) is 5.32 Å². The molecule has 0 bridgehead atoms. The highest BCUT2D eigenvalue weighted by atomic mass is 16.3. The number of anilines is 2. The van der Waals surface area contributed by atoms with Crippen LogP contribution in [0.4, 0.5) is 11.4 Å². The van der Waals surface area contributed by atoms with Crippen molar-refractivity contribution >= 4 is 23.2 Å². The van der Waals surface area contributed by atoms with Crippen molar-refractivity contribution < 1.29 is 14.0 Å². The maximum atomic E-state index is 12.7. The SMILES string of the molecule is O=C(Nc1ccc2c(c1)N(C(=O)c1ccco1)CCC2)C1CCCC1. The Morgan fingerprint density at radius 1 is 1.12 bits per heavy atom. The fourth-order valence-electron chi connectivity index (χ4n) is 3.83.